The van der Waals surface area contributed by atoms with Gasteiger partial charge < -0.3 is 21.3 Å². The van der Waals surface area contributed by atoms with Gasteiger partial charge in [0.1, 0.15) is 0 Å². The Morgan fingerprint density at radius 2 is 0.544 bits per heavy atom. The van der Waals surface area contributed by atoms with Crippen LogP contribution in [0.5, 0.6) is 0 Å². The molecule has 17 heteroatoms. The van der Waals surface area contributed by atoms with E-state index < -0.39 is 0 Å². The lowest BCUT2D eigenvalue weighted by molar-refractivity contribution is -0.120. The quantitative estimate of drug-likeness (QED) is 0.0288. The number of ketones is 4. The van der Waals surface area contributed by atoms with E-state index in [9.17, 15) is 38.4 Å². The lowest BCUT2D eigenvalue weighted by atomic mass is 10.1. The van der Waals surface area contributed by atoms with Crippen LogP contribution < -0.4 is 21.3 Å². The third kappa shape index (κ3) is 34.7. The Hall–Kier alpha value is -11.8. The maximum atomic E-state index is 12.4. The van der Waals surface area contributed by atoms with Crippen molar-refractivity contribution >= 4 is 107 Å². The second-order valence-electron chi connectivity index (χ2n) is 23.6. The standard InChI is InChI=1S/2C22H24N2O2.C21H21ClN2O2.C21H22N2O2/c2*1-3-4-7-21(25)20(15-19-6-5-14-23-16-19)24-22(26)13-12-18-10-8-17(2)9-11-18;1-2-3-6-20(25)19(14-17-5-4-13-23-15-17)24-21(26)12-9-16-7-10-18(22)11-8-16;1-2-3-11-20(24)19(15-18-10-7-14-22-16-18)23-21(25)13-12-17-8-5-4-6-9-17/h2*5-6,8-16H,3-4,7H2,1-2H3,(H,24,26);4-5,7-15H,2-3,6H2,1H3,(H,24,26);4-10,12-16H,2-3,11H2,1H3,(H,23,25)/b2*13-12+,20-15-;12-9+,19-14-;13-12+,19-15-. The molecule has 0 radical (unpaired) electrons. The van der Waals surface area contributed by atoms with Crippen LogP contribution >= 0.6 is 11.6 Å². The zero-order valence-electron chi connectivity index (χ0n) is 59.4. The molecule has 0 saturated heterocycles. The molecule has 0 aliphatic heterocycles. The Labute approximate surface area is 610 Å². The van der Waals surface area contributed by atoms with Crippen molar-refractivity contribution in [3.63, 3.8) is 0 Å². The van der Waals surface area contributed by atoms with Crippen molar-refractivity contribution in [3.05, 3.63) is 309 Å². The number of unbranched alkanes of at least 4 members (excludes halogenated alkanes) is 4. The van der Waals surface area contributed by atoms with Gasteiger partial charge in [0.2, 0.25) is 23.6 Å². The number of aryl methyl sites for hydroxylation is 2. The number of hydrogen-bond donors (Lipinski definition) is 4. The van der Waals surface area contributed by atoms with Gasteiger partial charge in [0.15, 0.2) is 23.1 Å². The summed E-state index contributed by atoms with van der Waals surface area (Å²) in [4.78, 5) is 115. The minimum Gasteiger partial charge on any atom is -0.319 e. The molecule has 4 aromatic carbocycles. The molecule has 0 unspecified atom stereocenters. The van der Waals surface area contributed by atoms with E-state index in [0.29, 0.717) is 47.8 Å². The lowest BCUT2D eigenvalue weighted by Crippen LogP contribution is -2.25. The van der Waals surface area contributed by atoms with Gasteiger partial charge in [-0.05, 0) is 169 Å². The van der Waals surface area contributed by atoms with Crippen LogP contribution in [0.25, 0.3) is 48.6 Å². The first-order valence-corrected chi connectivity index (χ1v) is 34.8. The van der Waals surface area contributed by atoms with Crippen molar-refractivity contribution in [2.24, 2.45) is 0 Å². The molecule has 8 aromatic rings. The first-order valence-electron chi connectivity index (χ1n) is 34.4. The van der Waals surface area contributed by atoms with E-state index in [1.54, 1.807) is 135 Å². The maximum absolute atomic E-state index is 12.4. The van der Waals surface area contributed by atoms with Gasteiger partial charge in [0.25, 0.3) is 0 Å². The molecular formula is C86H91ClN8O8. The zero-order chi connectivity index (χ0) is 74.2. The second kappa shape index (κ2) is 48.1. The molecule has 0 fully saturated rings. The fourth-order valence-corrected chi connectivity index (χ4v) is 9.15. The highest BCUT2D eigenvalue weighted by Crippen LogP contribution is 2.16. The van der Waals surface area contributed by atoms with Crippen molar-refractivity contribution in [3.8, 4) is 0 Å². The van der Waals surface area contributed by atoms with Gasteiger partial charge in [0.05, 0.1) is 22.8 Å². The number of carbonyl (C=O) groups is 8. The van der Waals surface area contributed by atoms with Gasteiger partial charge in [-0.3, -0.25) is 58.3 Å². The third-order valence-electron chi connectivity index (χ3n) is 14.8. The SMILES string of the molecule is CCCCC(=O)/C(=C/c1cccnc1)NC(=O)/C=C/c1ccc(C)cc1.CCCCC(=O)/C(=C/c1cccnc1)NC(=O)/C=C/c1ccc(C)cc1.CCCCC(=O)/C(=C/c1cccnc1)NC(=O)/C=C/c1ccc(Cl)cc1.CCCCC(=O)/C(=C/c1cccnc1)NC(=O)/C=C/c1ccccc1. The summed E-state index contributed by atoms with van der Waals surface area (Å²) in [5, 5.41) is 11.5. The van der Waals surface area contributed by atoms with Gasteiger partial charge in [0, 0.05) is 105 Å². The van der Waals surface area contributed by atoms with Crippen LogP contribution in [-0.4, -0.2) is 66.7 Å². The van der Waals surface area contributed by atoms with E-state index in [1.807, 2.05) is 157 Å². The van der Waals surface area contributed by atoms with Crippen LogP contribution in [0.3, 0.4) is 0 Å². The van der Waals surface area contributed by atoms with Crippen LogP contribution in [0.15, 0.2) is 248 Å². The van der Waals surface area contributed by atoms with Gasteiger partial charge in [-0.2, -0.15) is 0 Å². The molecule has 103 heavy (non-hydrogen) atoms. The number of amides is 4. The van der Waals surface area contributed by atoms with E-state index in [0.717, 1.165) is 107 Å². The van der Waals surface area contributed by atoms with Crippen molar-refractivity contribution in [2.45, 2.75) is 119 Å². The van der Waals surface area contributed by atoms with Crippen LogP contribution in [-0.2, 0) is 38.4 Å². The Bertz CT molecular complexity index is 3900. The van der Waals surface area contributed by atoms with Gasteiger partial charge in [-0.15, -0.1) is 0 Å². The molecular weight excluding hydrogens is 1310 g/mol. The fraction of sp³-hybridized carbons (Fsp3) is 0.209. The number of pyridine rings is 4. The van der Waals surface area contributed by atoms with Gasteiger partial charge >= 0.3 is 0 Å². The molecule has 16 nitrogen and oxygen atoms in total. The Morgan fingerprint density at radius 3 is 0.777 bits per heavy atom. The number of allylic oxidation sites excluding steroid dienone is 4. The summed E-state index contributed by atoms with van der Waals surface area (Å²) in [5.41, 5.74) is 10.2. The molecule has 0 aliphatic rings. The highest BCUT2D eigenvalue weighted by Gasteiger charge is 2.16. The average Bonchev–Trinajstić information content (AvgIpc) is 0.979. The number of hydrogen-bond acceptors (Lipinski definition) is 12. The van der Waals surface area contributed by atoms with Crippen molar-refractivity contribution in [2.75, 3.05) is 0 Å². The topological polar surface area (TPSA) is 236 Å². The maximum Gasteiger partial charge on any atom is 0.248 e. The monoisotopic (exact) mass is 1400 g/mol. The Morgan fingerprint density at radius 1 is 0.311 bits per heavy atom. The van der Waals surface area contributed by atoms with Gasteiger partial charge in [-0.1, -0.05) is 191 Å². The molecule has 8 rings (SSSR count). The molecule has 4 heterocycles. The number of benzene rings is 4. The Balaban J connectivity index is 0.000000247. The number of nitrogens with one attached hydrogen (secondary N) is 4. The summed E-state index contributed by atoms with van der Waals surface area (Å²) >= 11 is 5.84. The molecule has 0 bridgehead atoms. The Kier molecular flexibility index (Phi) is 38.3. The molecule has 0 spiro atoms. The summed E-state index contributed by atoms with van der Waals surface area (Å²) in [7, 11) is 0. The normalized spacial score (nSPS) is 11.5. The van der Waals surface area contributed by atoms with Crippen molar-refractivity contribution in [1.82, 2.24) is 41.2 Å². The summed E-state index contributed by atoms with van der Waals surface area (Å²) < 4.78 is 0. The van der Waals surface area contributed by atoms with Crippen molar-refractivity contribution in [1.29, 1.82) is 0 Å². The van der Waals surface area contributed by atoms with E-state index in [4.69, 9.17) is 11.6 Å². The number of aromatic nitrogens is 4. The molecule has 4 amide bonds. The fourth-order valence-electron chi connectivity index (χ4n) is 9.02. The average molecular weight is 1400 g/mol. The molecule has 0 aliphatic carbocycles. The summed E-state index contributed by atoms with van der Waals surface area (Å²) in [5.74, 6) is -1.67. The third-order valence-corrected chi connectivity index (χ3v) is 15.0. The smallest absolute Gasteiger partial charge is 0.248 e. The second-order valence-corrected chi connectivity index (χ2v) is 24.0. The molecule has 4 aromatic heterocycles. The van der Waals surface area contributed by atoms with Crippen LogP contribution in [0, 0.1) is 13.8 Å². The highest BCUT2D eigenvalue weighted by atomic mass is 35.5. The first kappa shape index (κ1) is 81.9. The lowest BCUT2D eigenvalue weighted by Gasteiger charge is -2.07. The van der Waals surface area contributed by atoms with E-state index in [1.165, 1.54) is 24.3 Å². The zero-order valence-corrected chi connectivity index (χ0v) is 60.2. The molecule has 530 valence electrons. The van der Waals surface area contributed by atoms with Crippen LogP contribution in [0.1, 0.15) is 160 Å². The van der Waals surface area contributed by atoms with E-state index >= 15 is 0 Å². The molecule has 4 N–H and O–H groups in total. The van der Waals surface area contributed by atoms with Crippen LogP contribution in [0.4, 0.5) is 0 Å². The van der Waals surface area contributed by atoms with E-state index in [-0.39, 0.29) is 52.5 Å². The van der Waals surface area contributed by atoms with Gasteiger partial charge in [-0.25, -0.2) is 0 Å². The molecule has 0 saturated carbocycles. The largest absolute Gasteiger partial charge is 0.319 e. The summed E-state index contributed by atoms with van der Waals surface area (Å²) in [6.07, 6.45) is 40.9. The summed E-state index contributed by atoms with van der Waals surface area (Å²) in [6, 6.07) is 46.9. The number of rotatable bonds is 32. The number of carbonyl (C=O) groups excluding carboxylic acids is 8. The minimum atomic E-state index is -0.361. The highest BCUT2D eigenvalue weighted by molar-refractivity contribution is 6.30. The summed E-state index contributed by atoms with van der Waals surface area (Å²) in [6.45, 7) is 12.1. The van der Waals surface area contributed by atoms with Crippen molar-refractivity contribution < 1.29 is 38.4 Å². The number of nitrogens with zero attached hydrogens (tertiary/aromatic N) is 4. The first-order chi connectivity index (χ1) is 49.9. The van der Waals surface area contributed by atoms with Crippen LogP contribution in [0.2, 0.25) is 5.02 Å². The van der Waals surface area contributed by atoms with E-state index in [2.05, 4.69) is 41.2 Å². The predicted molar refractivity (Wildman–Crippen MR) is 416 cm³/mol. The number of Topliss-reactive ketones (excluding diaryl/α,β-unsaturated/α-hetero) is 4. The number of halogens is 1. The predicted octanol–water partition coefficient (Wildman–Crippen LogP) is 17.3. The minimum absolute atomic E-state index is 0.0761. The molecule has 0 atom stereocenters.